The standard InChI is InChI=1S/C40H48S2Si2.2C4H9.2Sn/c1-25(2)43(26(3)4,27(5)6)19-15-33-35-21-31-13-17-42-40(31)24-38(35)34(16-20-44(28(7)8,29(9)10)30(11)12)36-22-32-14-18-41-39(32)23-37(33)36;2*1-4(2)3;;/h13-14,21-30H,1-12H3;2*1-3H3;;. The molecule has 0 aliphatic heterocycles. The maximum absolute atomic E-state index is 4.20. The summed E-state index contributed by atoms with van der Waals surface area (Å²) < 4.78 is 6.91. The van der Waals surface area contributed by atoms with E-state index in [1.165, 1.54) is 52.8 Å². The molecule has 3 aromatic carbocycles. The molecule has 54 heavy (non-hydrogen) atoms. The first-order valence-corrected chi connectivity index (χ1v) is 32.2. The van der Waals surface area contributed by atoms with Gasteiger partial charge in [-0.25, -0.2) is 0 Å². The molecule has 0 unspecified atom stereocenters. The van der Waals surface area contributed by atoms with Gasteiger partial charge < -0.3 is 0 Å². The fourth-order valence-corrected chi connectivity index (χ4v) is 34.2. The molecule has 0 amide bonds. The van der Waals surface area contributed by atoms with E-state index < -0.39 is 58.4 Å². The molecule has 6 heteroatoms. The molecule has 5 rings (SSSR count). The third-order valence-electron chi connectivity index (χ3n) is 11.9. The summed E-state index contributed by atoms with van der Waals surface area (Å²) >= 11 is 2.61. The summed E-state index contributed by atoms with van der Waals surface area (Å²) in [6.45, 7) is 43.9. The van der Waals surface area contributed by atoms with Crippen LogP contribution in [-0.2, 0) is 0 Å². The van der Waals surface area contributed by atoms with Gasteiger partial charge in [-0.3, -0.25) is 0 Å². The number of hydrogen-bond donors (Lipinski definition) is 0. The van der Waals surface area contributed by atoms with Crippen LogP contribution in [0.25, 0.3) is 41.7 Å². The third kappa shape index (κ3) is 8.80. The van der Waals surface area contributed by atoms with E-state index in [1.54, 1.807) is 5.79 Å². The van der Waals surface area contributed by atoms with E-state index in [4.69, 9.17) is 0 Å². The van der Waals surface area contributed by atoms with E-state index in [0.717, 1.165) is 0 Å². The molecule has 0 nitrogen and oxygen atoms in total. The number of rotatable bonds is 8. The van der Waals surface area contributed by atoms with Gasteiger partial charge in [-0.1, -0.05) is 0 Å². The average molecular weight is 1000 g/mol. The number of benzene rings is 3. The van der Waals surface area contributed by atoms with E-state index >= 15 is 0 Å². The molecule has 286 valence electrons. The molecule has 0 fully saturated rings. The molecule has 2 heterocycles. The first-order chi connectivity index (χ1) is 24.9. The van der Waals surface area contributed by atoms with E-state index in [2.05, 4.69) is 207 Å². The van der Waals surface area contributed by atoms with E-state index in [0.29, 0.717) is 40.1 Å². The Balaban J connectivity index is 2.03. The van der Waals surface area contributed by atoms with Gasteiger partial charge >= 0.3 is 364 Å². The number of fused-ring (bicyclic) bond motifs is 4. The van der Waals surface area contributed by atoms with Crippen molar-refractivity contribution in [2.24, 2.45) is 0 Å². The van der Waals surface area contributed by atoms with Crippen LogP contribution in [0.2, 0.25) is 40.1 Å². The quantitative estimate of drug-likeness (QED) is 0.0826. The second-order valence-electron chi connectivity index (χ2n) is 19.9. The first-order valence-electron chi connectivity index (χ1n) is 20.4. The predicted molar refractivity (Wildman–Crippen MR) is 258 cm³/mol. The van der Waals surface area contributed by atoms with Crippen molar-refractivity contribution in [1.82, 2.24) is 0 Å². The second-order valence-corrected chi connectivity index (χ2v) is 48.3. The Labute approximate surface area is 360 Å². The van der Waals surface area contributed by atoms with Crippen molar-refractivity contribution in [2.45, 2.75) is 165 Å². The molecule has 0 bridgehead atoms. The number of thiophene rings is 2. The Morgan fingerprint density at radius 2 is 0.722 bits per heavy atom. The van der Waals surface area contributed by atoms with Crippen LogP contribution in [0.5, 0.6) is 0 Å². The molecular formula is C48H66S2Si2Sn2. The van der Waals surface area contributed by atoms with Crippen molar-refractivity contribution in [3.8, 4) is 22.9 Å². The molecular weight excluding hydrogens is 934 g/mol. The van der Waals surface area contributed by atoms with Crippen LogP contribution in [0, 0.1) is 22.9 Å². The molecule has 0 spiro atoms. The predicted octanol–water partition coefficient (Wildman–Crippen LogP) is 14.7. The summed E-state index contributed by atoms with van der Waals surface area (Å²) in [5.74, 6) is 8.18. The Morgan fingerprint density at radius 1 is 0.444 bits per heavy atom. The fourth-order valence-electron chi connectivity index (χ4n) is 9.63. The van der Waals surface area contributed by atoms with Crippen molar-refractivity contribution in [3.05, 3.63) is 47.5 Å². The van der Waals surface area contributed by atoms with Gasteiger partial charge in [0.25, 0.3) is 0 Å². The van der Waals surface area contributed by atoms with Gasteiger partial charge in [0.2, 0.25) is 0 Å². The van der Waals surface area contributed by atoms with Gasteiger partial charge in [0, 0.05) is 0 Å². The van der Waals surface area contributed by atoms with E-state index in [1.807, 2.05) is 0 Å². The summed E-state index contributed by atoms with van der Waals surface area (Å²) in [6, 6.07) is 15.2. The van der Waals surface area contributed by atoms with Gasteiger partial charge in [-0.15, -0.1) is 0 Å². The zero-order valence-electron chi connectivity index (χ0n) is 36.7. The van der Waals surface area contributed by atoms with Gasteiger partial charge in [0.1, 0.15) is 0 Å². The van der Waals surface area contributed by atoms with Gasteiger partial charge in [0.15, 0.2) is 0 Å². The first kappa shape index (κ1) is 44.4. The van der Waals surface area contributed by atoms with Gasteiger partial charge in [-0.2, -0.15) is 0 Å². The normalized spacial score (nSPS) is 13.5. The molecule has 4 radical (unpaired) electrons. The van der Waals surface area contributed by atoms with Crippen molar-refractivity contribution in [3.63, 3.8) is 0 Å². The Hall–Kier alpha value is -0.749. The van der Waals surface area contributed by atoms with Crippen LogP contribution in [0.3, 0.4) is 0 Å². The summed E-state index contributed by atoms with van der Waals surface area (Å²) in [5, 5.41) is 8.02. The molecule has 0 N–H and O–H groups in total. The van der Waals surface area contributed by atoms with E-state index in [-0.39, 0.29) is 0 Å². The van der Waals surface area contributed by atoms with Crippen LogP contribution >= 0.6 is 22.7 Å². The second kappa shape index (κ2) is 16.5. The van der Waals surface area contributed by atoms with Crippen molar-refractivity contribution in [2.75, 3.05) is 0 Å². The Kier molecular flexibility index (Phi) is 13.5. The number of hydrogen-bond acceptors (Lipinski definition) is 2. The summed E-state index contributed by atoms with van der Waals surface area (Å²) in [7, 11) is -3.99. The fraction of sp³-hybridized carbons (Fsp3) is 0.542. The molecule has 0 saturated heterocycles. The molecule has 0 aliphatic rings. The maximum atomic E-state index is 4.20. The molecule has 2 aromatic heterocycles. The SMILES string of the molecule is CC(C)[Si](C#Cc1c2cc3c[c]([Sn][C](C)(C)C)sc3cc2c(C#C[Si](C(C)C)(C(C)C)C(C)C)c2cc3c[c]([Sn][C](C)(C)C)sc3cc12)(C(C)C)C(C)C. The van der Waals surface area contributed by atoms with Crippen molar-refractivity contribution >= 4 is 129 Å². The average Bonchev–Trinajstić information content (AvgIpc) is 3.58. The molecule has 0 saturated carbocycles. The summed E-state index contributed by atoms with van der Waals surface area (Å²) in [4.78, 5) is 0. The Morgan fingerprint density at radius 3 is 0.981 bits per heavy atom. The molecule has 0 atom stereocenters. The van der Waals surface area contributed by atoms with Crippen molar-refractivity contribution in [1.29, 1.82) is 0 Å². The van der Waals surface area contributed by atoms with Gasteiger partial charge in [0.05, 0.1) is 0 Å². The monoisotopic (exact) mass is 1000 g/mol. The van der Waals surface area contributed by atoms with Gasteiger partial charge in [-0.05, 0) is 0 Å². The minimum atomic E-state index is -1.99. The van der Waals surface area contributed by atoms with Crippen LogP contribution in [0.1, 0.15) is 136 Å². The summed E-state index contributed by atoms with van der Waals surface area (Å²) in [5.41, 5.74) is 14.4. The molecule has 0 aliphatic carbocycles. The summed E-state index contributed by atoms with van der Waals surface area (Å²) in [6.07, 6.45) is 0. The zero-order valence-corrected chi connectivity index (χ0v) is 46.1. The molecule has 5 aromatic rings. The van der Waals surface area contributed by atoms with Crippen LogP contribution in [-0.4, -0.2) is 58.4 Å². The van der Waals surface area contributed by atoms with Crippen molar-refractivity contribution < 1.29 is 0 Å². The van der Waals surface area contributed by atoms with Crippen LogP contribution in [0.15, 0.2) is 36.4 Å². The van der Waals surface area contributed by atoms with E-state index in [9.17, 15) is 0 Å². The Bertz CT molecular complexity index is 2000. The zero-order chi connectivity index (χ0) is 40.3. The minimum absolute atomic E-state index is 0.406. The topological polar surface area (TPSA) is 0 Å². The van der Waals surface area contributed by atoms with Crippen LogP contribution < -0.4 is 5.79 Å². The third-order valence-corrected chi connectivity index (χ3v) is 36.0. The van der Waals surface area contributed by atoms with Crippen LogP contribution in [0.4, 0.5) is 0 Å².